The molecule has 4 amide bonds. The largest absolute Gasteiger partial charge is 0.493 e. The van der Waals surface area contributed by atoms with E-state index in [1.54, 1.807) is 69.8 Å². The van der Waals surface area contributed by atoms with Crippen LogP contribution in [-0.2, 0) is 6.42 Å². The Kier molecular flexibility index (Phi) is 7.38. The molecule has 37 heavy (non-hydrogen) atoms. The van der Waals surface area contributed by atoms with Crippen molar-refractivity contribution in [3.05, 3.63) is 88.5 Å². The Hall–Kier alpha value is -4.86. The summed E-state index contributed by atoms with van der Waals surface area (Å²) in [5.74, 6) is 0.271. The van der Waals surface area contributed by atoms with Gasteiger partial charge < -0.3 is 25.8 Å². The summed E-state index contributed by atoms with van der Waals surface area (Å²) in [5.41, 5.74) is 9.59. The molecule has 0 saturated heterocycles. The molecule has 0 radical (unpaired) electrons. The van der Waals surface area contributed by atoms with Gasteiger partial charge in [-0.1, -0.05) is 12.1 Å². The van der Waals surface area contributed by atoms with Gasteiger partial charge in [-0.05, 0) is 60.5 Å². The highest BCUT2D eigenvalue weighted by Gasteiger charge is 2.24. The number of anilines is 1. The average molecular weight is 502 g/mol. The van der Waals surface area contributed by atoms with E-state index >= 15 is 0 Å². The first kappa shape index (κ1) is 25.2. The number of amides is 4. The Morgan fingerprint density at radius 3 is 2.14 bits per heavy atom. The molecule has 1 aliphatic rings. The molecule has 10 nitrogen and oxygen atoms in total. The maximum absolute atomic E-state index is 12.8. The Morgan fingerprint density at radius 2 is 1.54 bits per heavy atom. The summed E-state index contributed by atoms with van der Waals surface area (Å²) in [6.07, 6.45) is 0.561. The summed E-state index contributed by atoms with van der Waals surface area (Å²) in [6, 6.07) is 16.6. The van der Waals surface area contributed by atoms with Crippen molar-refractivity contribution in [1.82, 2.24) is 10.3 Å². The van der Waals surface area contributed by atoms with E-state index in [2.05, 4.69) is 15.7 Å². The first-order valence-electron chi connectivity index (χ1n) is 11.5. The predicted octanol–water partition coefficient (Wildman–Crippen LogP) is 3.00. The number of urea groups is 1. The van der Waals surface area contributed by atoms with E-state index in [0.29, 0.717) is 52.6 Å². The molecule has 0 saturated carbocycles. The van der Waals surface area contributed by atoms with Crippen LogP contribution in [-0.4, -0.2) is 56.4 Å². The number of carbonyl (C=O) groups excluding carboxylic acids is 3. The molecule has 4 N–H and O–H groups in total. The number of nitrogens with two attached hydrogens (primary N) is 1. The lowest BCUT2D eigenvalue weighted by atomic mass is 9.95. The van der Waals surface area contributed by atoms with E-state index in [-0.39, 0.29) is 11.9 Å². The molecule has 0 fully saturated rings. The van der Waals surface area contributed by atoms with Gasteiger partial charge in [-0.15, -0.1) is 0 Å². The molecule has 4 rings (SSSR count). The van der Waals surface area contributed by atoms with E-state index in [4.69, 9.17) is 15.2 Å². The molecule has 3 aromatic carbocycles. The number of hydrogen-bond donors (Lipinski definition) is 3. The van der Waals surface area contributed by atoms with E-state index in [1.165, 1.54) is 5.01 Å². The molecule has 0 bridgehead atoms. The summed E-state index contributed by atoms with van der Waals surface area (Å²) >= 11 is 0. The van der Waals surface area contributed by atoms with Crippen molar-refractivity contribution in [2.24, 2.45) is 10.8 Å². The normalized spacial score (nSPS) is 12.5. The van der Waals surface area contributed by atoms with Gasteiger partial charge in [0.25, 0.3) is 5.91 Å². The molecular formula is C27H27N5O5. The summed E-state index contributed by atoms with van der Waals surface area (Å²) in [6.45, 7) is 0.376. The number of ether oxygens (including phenoxy) is 2. The molecule has 10 heteroatoms. The van der Waals surface area contributed by atoms with Crippen LogP contribution < -0.4 is 25.8 Å². The minimum Gasteiger partial charge on any atom is -0.493 e. The smallest absolute Gasteiger partial charge is 0.337 e. The second-order valence-electron chi connectivity index (χ2n) is 8.21. The van der Waals surface area contributed by atoms with Gasteiger partial charge in [0, 0.05) is 35.0 Å². The van der Waals surface area contributed by atoms with Gasteiger partial charge in [0.2, 0.25) is 5.91 Å². The number of primary amides is 1. The molecular weight excluding hydrogens is 474 g/mol. The number of carbonyl (C=O) groups is 3. The highest BCUT2D eigenvalue weighted by Crippen LogP contribution is 2.33. The maximum atomic E-state index is 12.8. The van der Waals surface area contributed by atoms with Crippen LogP contribution in [0.4, 0.5) is 10.5 Å². The van der Waals surface area contributed by atoms with Crippen LogP contribution in [0, 0.1) is 0 Å². The molecule has 0 aromatic heterocycles. The number of methoxy groups -OCH3 is 2. The lowest BCUT2D eigenvalue weighted by Gasteiger charge is -2.16. The molecule has 3 aromatic rings. The quantitative estimate of drug-likeness (QED) is 0.477. The molecule has 1 heterocycles. The summed E-state index contributed by atoms with van der Waals surface area (Å²) in [4.78, 5) is 36.5. The van der Waals surface area contributed by atoms with Gasteiger partial charge in [0.15, 0.2) is 11.5 Å². The lowest BCUT2D eigenvalue weighted by Crippen LogP contribution is -2.35. The third kappa shape index (κ3) is 5.37. The third-order valence-corrected chi connectivity index (χ3v) is 5.97. The Morgan fingerprint density at radius 1 is 0.919 bits per heavy atom. The zero-order valence-corrected chi connectivity index (χ0v) is 20.7. The molecule has 190 valence electrons. The number of hydrogen-bond acceptors (Lipinski definition) is 6. The van der Waals surface area contributed by atoms with Crippen LogP contribution in [0.3, 0.4) is 0 Å². The number of fused-ring (bicyclic) bond motifs is 1. The maximum Gasteiger partial charge on any atom is 0.337 e. The molecule has 0 unspecified atom stereocenters. The zero-order valence-electron chi connectivity index (χ0n) is 20.7. The molecule has 0 spiro atoms. The van der Waals surface area contributed by atoms with Gasteiger partial charge in [-0.25, -0.2) is 9.80 Å². The van der Waals surface area contributed by atoms with Gasteiger partial charge in [0.1, 0.15) is 0 Å². The topological polar surface area (TPSA) is 135 Å². The van der Waals surface area contributed by atoms with Crippen molar-refractivity contribution < 1.29 is 23.9 Å². The number of rotatable bonds is 6. The highest BCUT2D eigenvalue weighted by atomic mass is 16.5. The third-order valence-electron chi connectivity index (χ3n) is 5.97. The van der Waals surface area contributed by atoms with E-state index < -0.39 is 5.91 Å². The fourth-order valence-electron chi connectivity index (χ4n) is 3.99. The van der Waals surface area contributed by atoms with Crippen LogP contribution in [0.5, 0.6) is 11.5 Å². The van der Waals surface area contributed by atoms with Crippen LogP contribution >= 0.6 is 0 Å². The second kappa shape index (κ2) is 10.8. The van der Waals surface area contributed by atoms with Crippen molar-refractivity contribution in [2.75, 3.05) is 33.1 Å². The Balaban J connectivity index is 1.66. The average Bonchev–Trinajstić information content (AvgIpc) is 3.11. The molecule has 1 aliphatic heterocycles. The summed E-state index contributed by atoms with van der Waals surface area (Å²) in [5, 5.41) is 11.4. The predicted molar refractivity (Wildman–Crippen MR) is 139 cm³/mol. The fourth-order valence-corrected chi connectivity index (χ4v) is 3.99. The van der Waals surface area contributed by atoms with Crippen molar-refractivity contribution in [3.8, 4) is 11.5 Å². The van der Waals surface area contributed by atoms with Crippen LogP contribution in [0.15, 0.2) is 65.8 Å². The van der Waals surface area contributed by atoms with Crippen molar-refractivity contribution in [3.63, 3.8) is 0 Å². The van der Waals surface area contributed by atoms with E-state index in [9.17, 15) is 14.4 Å². The summed E-state index contributed by atoms with van der Waals surface area (Å²) in [7, 11) is 4.68. The number of hydrazone groups is 1. The second-order valence-corrected chi connectivity index (χ2v) is 8.21. The lowest BCUT2D eigenvalue weighted by molar-refractivity contribution is 0.0998. The van der Waals surface area contributed by atoms with Crippen LogP contribution in [0.2, 0.25) is 0 Å². The SMILES string of the molecule is CNC(=O)N1CCc2cc(OC)c(OC)cc2C(c2ccc(C(=O)Nc3ccc(C(N)=O)cc3)cc2)=N1. The minimum absolute atomic E-state index is 0.319. The number of nitrogens with zero attached hydrogens (tertiary/aromatic N) is 2. The van der Waals surface area contributed by atoms with Crippen LogP contribution in [0.1, 0.15) is 37.4 Å². The monoisotopic (exact) mass is 501 g/mol. The minimum atomic E-state index is -0.539. The first-order chi connectivity index (χ1) is 17.8. The fraction of sp³-hybridized carbons (Fsp3) is 0.185. The highest BCUT2D eigenvalue weighted by molar-refractivity contribution is 6.15. The zero-order chi connectivity index (χ0) is 26.5. The standard InChI is InChI=1S/C27H27N5O5/c1-29-27(35)32-13-12-19-14-22(36-2)23(37-3)15-21(19)24(31-32)16-4-6-18(7-5-16)26(34)30-20-10-8-17(9-11-20)25(28)33/h4-11,14-15H,12-13H2,1-3H3,(H2,28,33)(H,29,35)(H,30,34). The van der Waals surface area contributed by atoms with Gasteiger partial charge in [-0.2, -0.15) is 5.10 Å². The van der Waals surface area contributed by atoms with Gasteiger partial charge >= 0.3 is 6.03 Å². The Labute approximate surface area is 214 Å². The van der Waals surface area contributed by atoms with Crippen LogP contribution in [0.25, 0.3) is 0 Å². The van der Waals surface area contributed by atoms with Gasteiger partial charge in [-0.3, -0.25) is 9.59 Å². The van der Waals surface area contributed by atoms with E-state index in [0.717, 1.165) is 11.1 Å². The van der Waals surface area contributed by atoms with Crippen molar-refractivity contribution >= 4 is 29.2 Å². The van der Waals surface area contributed by atoms with E-state index in [1.807, 2.05) is 12.1 Å². The van der Waals surface area contributed by atoms with Crippen molar-refractivity contribution in [1.29, 1.82) is 0 Å². The summed E-state index contributed by atoms with van der Waals surface area (Å²) < 4.78 is 11.0. The molecule has 0 atom stereocenters. The number of benzene rings is 3. The Bertz CT molecular complexity index is 1370. The van der Waals surface area contributed by atoms with Crippen molar-refractivity contribution in [2.45, 2.75) is 6.42 Å². The number of nitrogens with one attached hydrogen (secondary N) is 2. The molecule has 0 aliphatic carbocycles. The first-order valence-corrected chi connectivity index (χ1v) is 11.5. The van der Waals surface area contributed by atoms with Gasteiger partial charge in [0.05, 0.1) is 26.5 Å².